The third-order valence-electron chi connectivity index (χ3n) is 14.0. The lowest BCUT2D eigenvalue weighted by Gasteiger charge is -2.30. The second-order valence-corrected chi connectivity index (χ2v) is 24.1. The second-order valence-electron chi connectivity index (χ2n) is 22.7. The van der Waals surface area contributed by atoms with Gasteiger partial charge in [0.25, 0.3) is 7.82 Å². The maximum absolute atomic E-state index is 13.5. The zero-order valence-electron chi connectivity index (χ0n) is 50.9. The third-order valence-corrected chi connectivity index (χ3v) is 15.0. The maximum Gasteiger partial charge on any atom is 0.306 e. The van der Waals surface area contributed by atoms with Crippen molar-refractivity contribution in [3.63, 3.8) is 0 Å². The first-order chi connectivity index (χ1) is 37.4. The molecule has 1 N–H and O–H groups in total. The fourth-order valence-corrected chi connectivity index (χ4v) is 9.81. The molecule has 9 nitrogen and oxygen atoms in total. The molecule has 0 spiro atoms. The van der Waals surface area contributed by atoms with Crippen LogP contribution in [0.5, 0.6) is 0 Å². The second kappa shape index (κ2) is 56.5. The van der Waals surface area contributed by atoms with E-state index >= 15 is 0 Å². The van der Waals surface area contributed by atoms with E-state index in [1.54, 1.807) is 0 Å². The number of rotatable bonds is 57. The van der Waals surface area contributed by atoms with Crippen LogP contribution in [-0.4, -0.2) is 69.4 Å². The van der Waals surface area contributed by atoms with Gasteiger partial charge in [-0.2, -0.15) is 0 Å². The smallest absolute Gasteiger partial charge is 0.306 e. The molecule has 10 heteroatoms. The number of hydrogen-bond acceptors (Lipinski definition) is 7. The quantitative estimate of drug-likeness (QED) is 0.0161. The van der Waals surface area contributed by atoms with Crippen molar-refractivity contribution in [3.05, 3.63) is 85.1 Å². The number of nitrogens with zero attached hydrogens (tertiary/aromatic N) is 1. The first-order valence-electron chi connectivity index (χ1n) is 32.0. The summed E-state index contributed by atoms with van der Waals surface area (Å²) in [5.41, 5.74) is 0. The van der Waals surface area contributed by atoms with Crippen LogP contribution < -0.4 is 10.2 Å². The normalized spacial score (nSPS) is 14.2. The van der Waals surface area contributed by atoms with Gasteiger partial charge in [-0.05, 0) is 51.0 Å². The highest BCUT2D eigenvalue weighted by molar-refractivity contribution is 7.45. The Morgan fingerprint density at radius 1 is 0.468 bits per heavy atom. The van der Waals surface area contributed by atoms with E-state index in [1.165, 1.54) is 173 Å². The first-order valence-corrected chi connectivity index (χ1v) is 33.4. The number of unbranched alkanes of at least 4 members (excludes halogenated alkanes) is 34. The monoisotopic (exact) mass is 1100 g/mol. The van der Waals surface area contributed by atoms with Gasteiger partial charge in [0.15, 0.2) is 0 Å². The summed E-state index contributed by atoms with van der Waals surface area (Å²) in [5.74, 6) is -0.588. The van der Waals surface area contributed by atoms with Gasteiger partial charge in [-0.3, -0.25) is 14.2 Å². The van der Waals surface area contributed by atoms with Crippen molar-refractivity contribution in [3.8, 4) is 0 Å². The summed E-state index contributed by atoms with van der Waals surface area (Å²) in [6.07, 6.45) is 74.2. The Bertz CT molecular complexity index is 1590. The van der Waals surface area contributed by atoms with Crippen molar-refractivity contribution in [2.75, 3.05) is 40.9 Å². The molecule has 0 aliphatic carbocycles. The van der Waals surface area contributed by atoms with Crippen LogP contribution in [0.25, 0.3) is 0 Å². The van der Waals surface area contributed by atoms with Crippen LogP contribution in [0, 0.1) is 0 Å². The van der Waals surface area contributed by atoms with Gasteiger partial charge >= 0.3 is 5.97 Å². The summed E-state index contributed by atoms with van der Waals surface area (Å²) in [6, 6.07) is -0.914. The summed E-state index contributed by atoms with van der Waals surface area (Å²) >= 11 is 0. The number of phosphoric ester groups is 1. The van der Waals surface area contributed by atoms with E-state index in [0.29, 0.717) is 17.4 Å². The van der Waals surface area contributed by atoms with Gasteiger partial charge in [0.05, 0.1) is 33.8 Å². The van der Waals surface area contributed by atoms with Crippen molar-refractivity contribution in [1.82, 2.24) is 5.32 Å². The van der Waals surface area contributed by atoms with Gasteiger partial charge in [0.1, 0.15) is 19.3 Å². The number of likely N-dealkylation sites (N-methyl/N-ethyl adjacent to an activating group) is 1. The lowest BCUT2D eigenvalue weighted by Crippen LogP contribution is -2.47. The van der Waals surface area contributed by atoms with Crippen LogP contribution in [0.1, 0.15) is 278 Å². The lowest BCUT2D eigenvalue weighted by molar-refractivity contribution is -0.870. The highest BCUT2D eigenvalue weighted by Gasteiger charge is 2.27. The highest BCUT2D eigenvalue weighted by atomic mass is 31.2. The number of phosphoric acid groups is 1. The molecule has 0 aliphatic rings. The van der Waals surface area contributed by atoms with E-state index in [1.807, 2.05) is 94.1 Å². The Balaban J connectivity index is 5.18. The zero-order chi connectivity index (χ0) is 56.4. The van der Waals surface area contributed by atoms with Crippen molar-refractivity contribution in [2.24, 2.45) is 0 Å². The summed E-state index contributed by atoms with van der Waals surface area (Å²) in [6.45, 7) is 6.67. The average Bonchev–Trinajstić information content (AvgIpc) is 3.39. The molecular weight excluding hydrogens is 976 g/mol. The summed E-state index contributed by atoms with van der Waals surface area (Å²) in [4.78, 5) is 40.0. The van der Waals surface area contributed by atoms with E-state index in [9.17, 15) is 19.0 Å². The number of carbonyl (C=O) groups excluding carboxylic acids is 2. The van der Waals surface area contributed by atoms with Crippen LogP contribution >= 0.6 is 7.82 Å². The molecule has 0 saturated carbocycles. The fraction of sp³-hybridized carbons (Fsp3) is 0.761. The molecule has 1 amide bonds. The first kappa shape index (κ1) is 74.2. The number of hydrogen-bond donors (Lipinski definition) is 1. The van der Waals surface area contributed by atoms with Gasteiger partial charge in [-0.15, -0.1) is 0 Å². The van der Waals surface area contributed by atoms with Crippen molar-refractivity contribution < 1.29 is 37.3 Å². The van der Waals surface area contributed by atoms with E-state index < -0.39 is 26.6 Å². The molecule has 77 heavy (non-hydrogen) atoms. The van der Waals surface area contributed by atoms with Gasteiger partial charge in [0, 0.05) is 12.8 Å². The van der Waals surface area contributed by atoms with Gasteiger partial charge in [-0.25, -0.2) is 0 Å². The molecule has 0 aromatic heterocycles. The van der Waals surface area contributed by atoms with Gasteiger partial charge < -0.3 is 28.5 Å². The van der Waals surface area contributed by atoms with Crippen molar-refractivity contribution in [1.29, 1.82) is 0 Å². The number of esters is 1. The molecule has 0 bridgehead atoms. The zero-order valence-corrected chi connectivity index (χ0v) is 51.8. The molecule has 0 fully saturated rings. The number of amides is 1. The SMILES string of the molecule is CC\C=C/C=C/C=C/C=C\C=C\C=C\CCCCCC(=O)NC(COP(=O)([O-])OCC[N+](C)(C)C)C(/C=C\CCCCCCCCCCC)OC(=O)CCCCCCCCCCCCCCCCCCCCCCCCC. The minimum absolute atomic E-state index is 0.0340. The molecule has 446 valence electrons. The van der Waals surface area contributed by atoms with E-state index in [-0.39, 0.29) is 31.3 Å². The topological polar surface area (TPSA) is 114 Å². The molecule has 0 saturated heterocycles. The molecule has 0 radical (unpaired) electrons. The molecule has 3 atom stereocenters. The Morgan fingerprint density at radius 3 is 1.26 bits per heavy atom. The van der Waals surface area contributed by atoms with E-state index in [0.717, 1.165) is 64.2 Å². The van der Waals surface area contributed by atoms with Crippen LogP contribution in [0.2, 0.25) is 0 Å². The van der Waals surface area contributed by atoms with E-state index in [2.05, 4.69) is 38.2 Å². The van der Waals surface area contributed by atoms with Crippen LogP contribution in [0.3, 0.4) is 0 Å². The summed E-state index contributed by atoms with van der Waals surface area (Å²) < 4.78 is 30.3. The number of carbonyl (C=O) groups is 2. The highest BCUT2D eigenvalue weighted by Crippen LogP contribution is 2.38. The predicted molar refractivity (Wildman–Crippen MR) is 330 cm³/mol. The fourth-order valence-electron chi connectivity index (χ4n) is 9.08. The largest absolute Gasteiger partial charge is 0.756 e. The Labute approximate surface area is 476 Å². The van der Waals surface area contributed by atoms with Crippen molar-refractivity contribution >= 4 is 19.7 Å². The molecule has 0 rings (SSSR count). The van der Waals surface area contributed by atoms with Gasteiger partial charge in [-0.1, -0.05) is 299 Å². The van der Waals surface area contributed by atoms with Crippen LogP contribution in [-0.2, 0) is 27.9 Å². The Hall–Kier alpha value is -2.81. The number of quaternary nitrogens is 1. The molecular formula is C67H121N2O7P. The molecule has 3 unspecified atom stereocenters. The van der Waals surface area contributed by atoms with Gasteiger partial charge in [0.2, 0.25) is 5.91 Å². The maximum atomic E-state index is 13.5. The van der Waals surface area contributed by atoms with Crippen LogP contribution in [0.15, 0.2) is 85.1 Å². The molecule has 0 aliphatic heterocycles. The average molecular weight is 1100 g/mol. The minimum Gasteiger partial charge on any atom is -0.756 e. The van der Waals surface area contributed by atoms with Crippen molar-refractivity contribution in [2.45, 2.75) is 290 Å². The Morgan fingerprint density at radius 2 is 0.831 bits per heavy atom. The summed E-state index contributed by atoms with van der Waals surface area (Å²) in [5, 5.41) is 3.00. The lowest BCUT2D eigenvalue weighted by atomic mass is 10.0. The van der Waals surface area contributed by atoms with E-state index in [4.69, 9.17) is 13.8 Å². The predicted octanol–water partition coefficient (Wildman–Crippen LogP) is 19.1. The number of allylic oxidation sites excluding steroid dienone is 13. The number of nitrogens with one attached hydrogen (secondary N) is 1. The Kier molecular flexibility index (Phi) is 54.4. The minimum atomic E-state index is -4.71. The summed E-state index contributed by atoms with van der Waals surface area (Å²) in [7, 11) is 1.15. The standard InChI is InChI=1S/C67H121N2O7P/c1-7-10-13-16-19-22-25-27-29-31-32-33-34-35-36-38-40-42-45-48-51-54-57-60-67(71)76-65(58-55-52-49-46-43-24-21-18-15-12-9-3)64(63-75-77(72,73)74-62-61-69(4,5)6)68-66(70)59-56-53-50-47-44-41-39-37-30-28-26-23-20-17-14-11-8-2/h11,14,17,20,23,26,28,30,37,39,41,44,55,58,64-65H,7-10,12-13,15-16,18-19,21-22,24-25,27,29,31-36,38,40,42-43,45-54,56-57,59-63H2,1-6H3,(H-,68,70,72,73)/b14-11-,20-17+,26-23+,30-28-,39-37+,44-41+,58-55-. The molecule has 0 aromatic carbocycles. The van der Waals surface area contributed by atoms with Crippen LogP contribution in [0.4, 0.5) is 0 Å². The third kappa shape index (κ3) is 57.7. The number of ether oxygens (including phenoxy) is 1. The molecule has 0 aromatic rings. The molecule has 0 heterocycles.